The fourth-order valence-corrected chi connectivity index (χ4v) is 3.06. The zero-order valence-electron chi connectivity index (χ0n) is 12.2. The first kappa shape index (κ1) is 19.0. The molecule has 1 aromatic rings. The van der Waals surface area contributed by atoms with Crippen molar-refractivity contribution in [2.75, 3.05) is 0 Å². The summed E-state index contributed by atoms with van der Waals surface area (Å²) >= 11 is 2.90. The highest BCUT2D eigenvalue weighted by molar-refractivity contribution is 9.10. The Kier molecular flexibility index (Phi) is 4.64. The van der Waals surface area contributed by atoms with Gasteiger partial charge in [-0.3, -0.25) is 4.99 Å². The number of hydrogen-bond donors (Lipinski definition) is 1. The third-order valence-electron chi connectivity index (χ3n) is 3.89. The van der Waals surface area contributed by atoms with E-state index in [9.17, 15) is 31.4 Å². The van der Waals surface area contributed by atoms with Gasteiger partial charge in [0.25, 0.3) is 0 Å². The highest BCUT2D eigenvalue weighted by Gasteiger charge is 2.55. The lowest BCUT2D eigenvalue weighted by Gasteiger charge is -2.41. The lowest BCUT2D eigenvalue weighted by Crippen LogP contribution is -2.49. The fourth-order valence-electron chi connectivity index (χ4n) is 2.70. The van der Waals surface area contributed by atoms with E-state index in [4.69, 9.17) is 0 Å². The second-order valence-electron chi connectivity index (χ2n) is 5.61. The molecule has 0 saturated heterocycles. The molecule has 1 heterocycles. The molecule has 0 bridgehead atoms. The van der Waals surface area contributed by atoms with Crippen LogP contribution in [0.15, 0.2) is 39.8 Å². The van der Waals surface area contributed by atoms with E-state index in [1.807, 2.05) is 0 Å². The number of benzene rings is 1. The summed E-state index contributed by atoms with van der Waals surface area (Å²) in [6.45, 7) is 0.907. The molecule has 0 amide bonds. The van der Waals surface area contributed by atoms with Crippen LogP contribution in [0.3, 0.4) is 0 Å². The van der Waals surface area contributed by atoms with Crippen LogP contribution in [0, 0.1) is 0 Å². The van der Waals surface area contributed by atoms with Crippen molar-refractivity contribution in [2.45, 2.75) is 36.8 Å². The van der Waals surface area contributed by atoms with E-state index in [0.717, 1.165) is 25.3 Å². The summed E-state index contributed by atoms with van der Waals surface area (Å²) in [5.74, 6) is 0. The second-order valence-corrected chi connectivity index (χ2v) is 6.53. The number of alkyl halides is 6. The van der Waals surface area contributed by atoms with Gasteiger partial charge in [-0.2, -0.15) is 26.3 Å². The normalized spacial score (nSPS) is 23.5. The van der Waals surface area contributed by atoms with Crippen LogP contribution in [0.4, 0.5) is 26.3 Å². The molecule has 1 aliphatic rings. The molecule has 9 heteroatoms. The minimum atomic E-state index is -4.85. The molecular formula is C15H12BrF6NO. The van der Waals surface area contributed by atoms with E-state index in [-0.39, 0.29) is 4.47 Å². The average Bonchev–Trinajstić information content (AvgIpc) is 2.85. The van der Waals surface area contributed by atoms with E-state index in [2.05, 4.69) is 20.9 Å². The van der Waals surface area contributed by atoms with Gasteiger partial charge in [0.05, 0.1) is 12.0 Å². The Morgan fingerprint density at radius 1 is 1.12 bits per heavy atom. The highest BCUT2D eigenvalue weighted by atomic mass is 79.9. The van der Waals surface area contributed by atoms with Crippen LogP contribution < -0.4 is 0 Å². The van der Waals surface area contributed by atoms with E-state index in [0.29, 0.717) is 6.07 Å². The van der Waals surface area contributed by atoms with E-state index in [1.165, 1.54) is 12.1 Å². The van der Waals surface area contributed by atoms with Crippen LogP contribution >= 0.6 is 15.9 Å². The number of rotatable bonds is 3. The monoisotopic (exact) mass is 415 g/mol. The topological polar surface area (TPSA) is 32.6 Å². The second kappa shape index (κ2) is 5.87. The van der Waals surface area contributed by atoms with Gasteiger partial charge in [0, 0.05) is 10.7 Å². The lowest BCUT2D eigenvalue weighted by molar-refractivity contribution is -0.164. The first-order chi connectivity index (χ1) is 10.8. The largest absolute Gasteiger partial charge is 0.416 e. The van der Waals surface area contributed by atoms with Crippen molar-refractivity contribution in [2.24, 2.45) is 4.99 Å². The Morgan fingerprint density at radius 3 is 2.21 bits per heavy atom. The molecule has 132 valence electrons. The predicted octanol–water partition coefficient (Wildman–Crippen LogP) is 5.01. The molecule has 0 aliphatic carbocycles. The van der Waals surface area contributed by atoms with Crippen molar-refractivity contribution in [1.82, 2.24) is 0 Å². The van der Waals surface area contributed by atoms with Crippen LogP contribution in [0.25, 0.3) is 0 Å². The minimum Gasteiger partial charge on any atom is -0.383 e. The number of nitrogens with zero attached hydrogens (tertiary/aromatic N) is 1. The van der Waals surface area contributed by atoms with Crippen molar-refractivity contribution >= 4 is 22.1 Å². The van der Waals surface area contributed by atoms with Gasteiger partial charge in [0.15, 0.2) is 0 Å². The smallest absolute Gasteiger partial charge is 0.383 e. The van der Waals surface area contributed by atoms with Crippen LogP contribution in [0.5, 0.6) is 0 Å². The number of halogens is 7. The van der Waals surface area contributed by atoms with E-state index in [1.54, 1.807) is 0 Å². The third-order valence-corrected chi connectivity index (χ3v) is 4.38. The van der Waals surface area contributed by atoms with Gasteiger partial charge in [0.2, 0.25) is 0 Å². The lowest BCUT2D eigenvalue weighted by atomic mass is 9.73. The first-order valence-electron chi connectivity index (χ1n) is 6.68. The van der Waals surface area contributed by atoms with Crippen molar-refractivity contribution < 1.29 is 31.4 Å². The maximum Gasteiger partial charge on any atom is 0.416 e. The summed E-state index contributed by atoms with van der Waals surface area (Å²) in [6, 6.07) is 2.89. The summed E-state index contributed by atoms with van der Waals surface area (Å²) in [5.41, 5.74) is -6.69. The zero-order chi connectivity index (χ0) is 18.4. The molecule has 1 aromatic carbocycles. The maximum atomic E-state index is 13.3. The number of allylic oxidation sites excluding steroid dienone is 1. The Labute approximate surface area is 142 Å². The molecule has 0 radical (unpaired) electrons. The third kappa shape index (κ3) is 3.51. The molecule has 2 nitrogen and oxygen atoms in total. The maximum absolute atomic E-state index is 13.3. The zero-order valence-corrected chi connectivity index (χ0v) is 13.8. The minimum absolute atomic E-state index is 0.0877. The molecule has 0 fully saturated rings. The van der Waals surface area contributed by atoms with Gasteiger partial charge in [0.1, 0.15) is 11.1 Å². The summed E-state index contributed by atoms with van der Waals surface area (Å²) in [7, 11) is 0. The summed E-state index contributed by atoms with van der Waals surface area (Å²) < 4.78 is 78.8. The Balaban J connectivity index is 2.65. The summed E-state index contributed by atoms with van der Waals surface area (Å²) in [5, 5.41) is 10.8. The predicted molar refractivity (Wildman–Crippen MR) is 79.7 cm³/mol. The van der Waals surface area contributed by atoms with Crippen molar-refractivity contribution in [3.05, 3.63) is 46.0 Å². The van der Waals surface area contributed by atoms with Gasteiger partial charge in [-0.05, 0) is 30.7 Å². The number of hydrogen-bond acceptors (Lipinski definition) is 2. The van der Waals surface area contributed by atoms with Gasteiger partial charge in [-0.25, -0.2) is 0 Å². The molecule has 0 saturated carbocycles. The van der Waals surface area contributed by atoms with Crippen molar-refractivity contribution in [3.8, 4) is 0 Å². The average molecular weight is 416 g/mol. The molecule has 2 rings (SSSR count). The molecule has 24 heavy (non-hydrogen) atoms. The molecule has 0 aromatic heterocycles. The molecule has 1 N–H and O–H groups in total. The van der Waals surface area contributed by atoms with Gasteiger partial charge >= 0.3 is 12.4 Å². The highest BCUT2D eigenvalue weighted by Crippen LogP contribution is 2.48. The van der Waals surface area contributed by atoms with Crippen molar-refractivity contribution in [1.29, 1.82) is 0 Å². The standard InChI is InChI=1S/C15H12BrF6NO/c1-12(24,13(5-2-6-23-13)8-14(17,18)19)10-4-3-9(16)7-11(10)15(20,21)22/h2-7,24H,8H2,1H3. The molecule has 0 spiro atoms. The van der Waals surface area contributed by atoms with Crippen LogP contribution in [-0.2, 0) is 11.8 Å². The number of aliphatic hydroxyl groups is 1. The summed E-state index contributed by atoms with van der Waals surface area (Å²) in [6.07, 6.45) is -7.99. The first-order valence-corrected chi connectivity index (χ1v) is 7.47. The van der Waals surface area contributed by atoms with Crippen LogP contribution in [0.2, 0.25) is 0 Å². The van der Waals surface area contributed by atoms with Crippen LogP contribution in [-0.4, -0.2) is 23.0 Å². The Bertz CT molecular complexity index is 678. The van der Waals surface area contributed by atoms with Crippen molar-refractivity contribution in [3.63, 3.8) is 0 Å². The molecule has 2 unspecified atom stereocenters. The molecule has 2 atom stereocenters. The summed E-state index contributed by atoms with van der Waals surface area (Å²) in [4.78, 5) is 3.66. The van der Waals surface area contributed by atoms with E-state index >= 15 is 0 Å². The van der Waals surface area contributed by atoms with Gasteiger partial charge in [-0.1, -0.05) is 28.1 Å². The number of aliphatic imine (C=N–C) groups is 1. The van der Waals surface area contributed by atoms with Gasteiger partial charge < -0.3 is 5.11 Å². The Morgan fingerprint density at radius 2 is 1.75 bits per heavy atom. The van der Waals surface area contributed by atoms with Crippen LogP contribution in [0.1, 0.15) is 24.5 Å². The quantitative estimate of drug-likeness (QED) is 0.691. The SMILES string of the molecule is CC(O)(c1ccc(Br)cc1C(F)(F)F)C1(CC(F)(F)F)C=CC=N1. The van der Waals surface area contributed by atoms with E-state index < -0.39 is 41.0 Å². The molecular weight excluding hydrogens is 404 g/mol. The van der Waals surface area contributed by atoms with Gasteiger partial charge in [-0.15, -0.1) is 0 Å². The molecule has 1 aliphatic heterocycles. The fraction of sp³-hybridized carbons (Fsp3) is 0.400. The Hall–Kier alpha value is -1.35.